The molecular formula is C21H32N4O3. The number of nitrogens with zero attached hydrogens (tertiary/aromatic N) is 2. The van der Waals surface area contributed by atoms with Crippen LogP contribution in [0, 0.1) is 6.92 Å². The van der Waals surface area contributed by atoms with Crippen molar-refractivity contribution in [2.24, 2.45) is 0 Å². The van der Waals surface area contributed by atoms with E-state index < -0.39 is 6.09 Å². The van der Waals surface area contributed by atoms with Crippen molar-refractivity contribution in [3.8, 4) is 11.3 Å². The van der Waals surface area contributed by atoms with Crippen molar-refractivity contribution in [3.63, 3.8) is 0 Å². The minimum absolute atomic E-state index is 0.0990. The van der Waals surface area contributed by atoms with Crippen molar-refractivity contribution in [2.45, 2.75) is 47.1 Å². The number of H-pyrrole nitrogens is 1. The number of aromatic nitrogens is 2. The van der Waals surface area contributed by atoms with E-state index in [2.05, 4.69) is 33.9 Å². The summed E-state index contributed by atoms with van der Waals surface area (Å²) >= 11 is 0. The number of alkyl carbamates (subject to hydrolysis) is 1. The van der Waals surface area contributed by atoms with Crippen LogP contribution in [0.1, 0.15) is 45.0 Å². The molecule has 1 aromatic heterocycles. The van der Waals surface area contributed by atoms with Crippen molar-refractivity contribution in [3.05, 3.63) is 41.9 Å². The quantitative estimate of drug-likeness (QED) is 0.753. The summed E-state index contributed by atoms with van der Waals surface area (Å²) in [6.07, 6.45) is 3.21. The Bertz CT molecular complexity index is 726. The number of methoxy groups -OCH3 is 1. The summed E-state index contributed by atoms with van der Waals surface area (Å²) in [7, 11) is 1.26. The number of hydrogen-bond donors (Lipinski definition) is 2. The van der Waals surface area contributed by atoms with Crippen LogP contribution in [0.15, 0.2) is 30.5 Å². The lowest BCUT2D eigenvalue weighted by atomic mass is 10.1. The SMILES string of the molecule is CCC.CCCN(Cc1ncc(-c2ccc(C)cc2)[nH]1)C(=O)CNC(=O)OC. The third kappa shape index (κ3) is 7.82. The van der Waals surface area contributed by atoms with E-state index in [1.807, 2.05) is 38.1 Å². The van der Waals surface area contributed by atoms with Gasteiger partial charge in [-0.15, -0.1) is 0 Å². The highest BCUT2D eigenvalue weighted by molar-refractivity contribution is 5.82. The van der Waals surface area contributed by atoms with Gasteiger partial charge in [-0.1, -0.05) is 57.0 Å². The van der Waals surface area contributed by atoms with Crippen molar-refractivity contribution in [2.75, 3.05) is 20.2 Å². The van der Waals surface area contributed by atoms with E-state index in [1.54, 1.807) is 11.1 Å². The topological polar surface area (TPSA) is 87.3 Å². The van der Waals surface area contributed by atoms with E-state index >= 15 is 0 Å². The summed E-state index contributed by atoms with van der Waals surface area (Å²) in [4.78, 5) is 32.7. The lowest BCUT2D eigenvalue weighted by molar-refractivity contribution is -0.130. The van der Waals surface area contributed by atoms with E-state index in [4.69, 9.17) is 0 Å². The molecule has 0 spiro atoms. The molecule has 0 saturated carbocycles. The van der Waals surface area contributed by atoms with Crippen molar-refractivity contribution in [1.82, 2.24) is 20.2 Å². The first-order valence-corrected chi connectivity index (χ1v) is 9.65. The number of imidazole rings is 1. The van der Waals surface area contributed by atoms with Crippen molar-refractivity contribution < 1.29 is 14.3 Å². The van der Waals surface area contributed by atoms with Crippen LogP contribution in [-0.4, -0.2) is 47.1 Å². The zero-order valence-corrected chi connectivity index (χ0v) is 17.5. The van der Waals surface area contributed by atoms with Gasteiger partial charge in [0.25, 0.3) is 0 Å². The third-order valence-corrected chi connectivity index (χ3v) is 3.75. The van der Waals surface area contributed by atoms with Crippen LogP contribution < -0.4 is 5.32 Å². The molecule has 7 heteroatoms. The first-order valence-electron chi connectivity index (χ1n) is 9.65. The highest BCUT2D eigenvalue weighted by Crippen LogP contribution is 2.18. The van der Waals surface area contributed by atoms with Gasteiger partial charge in [-0.3, -0.25) is 4.79 Å². The maximum absolute atomic E-state index is 12.3. The number of aryl methyl sites for hydroxylation is 1. The molecule has 7 nitrogen and oxygen atoms in total. The molecule has 0 unspecified atom stereocenters. The number of nitrogens with one attached hydrogen (secondary N) is 2. The van der Waals surface area contributed by atoms with Gasteiger partial charge in [0.05, 0.1) is 25.5 Å². The maximum atomic E-state index is 12.3. The number of benzene rings is 1. The Hall–Kier alpha value is -2.83. The minimum atomic E-state index is -0.621. The van der Waals surface area contributed by atoms with Crippen LogP contribution in [-0.2, 0) is 16.1 Å². The summed E-state index contributed by atoms with van der Waals surface area (Å²) in [6.45, 7) is 9.13. The van der Waals surface area contributed by atoms with Gasteiger partial charge in [-0.2, -0.15) is 0 Å². The van der Waals surface area contributed by atoms with E-state index in [-0.39, 0.29) is 12.5 Å². The number of carbonyl (C=O) groups is 2. The van der Waals surface area contributed by atoms with Gasteiger partial charge in [0.1, 0.15) is 12.4 Å². The van der Waals surface area contributed by atoms with E-state index in [9.17, 15) is 9.59 Å². The van der Waals surface area contributed by atoms with Crippen molar-refractivity contribution in [1.29, 1.82) is 0 Å². The Balaban J connectivity index is 0.00000122. The Morgan fingerprint density at radius 2 is 1.82 bits per heavy atom. The molecule has 0 saturated heterocycles. The fourth-order valence-electron chi connectivity index (χ4n) is 2.40. The van der Waals surface area contributed by atoms with Crippen LogP contribution in [0.5, 0.6) is 0 Å². The molecule has 1 heterocycles. The van der Waals surface area contributed by atoms with Crippen LogP contribution in [0.25, 0.3) is 11.3 Å². The van der Waals surface area contributed by atoms with Gasteiger partial charge in [-0.25, -0.2) is 9.78 Å². The summed E-state index contributed by atoms with van der Waals surface area (Å²) in [5, 5.41) is 2.41. The lowest BCUT2D eigenvalue weighted by Crippen LogP contribution is -2.40. The zero-order chi connectivity index (χ0) is 20.9. The highest BCUT2D eigenvalue weighted by atomic mass is 16.5. The maximum Gasteiger partial charge on any atom is 0.407 e. The fourth-order valence-corrected chi connectivity index (χ4v) is 2.40. The molecule has 0 bridgehead atoms. The first kappa shape index (κ1) is 23.2. The van der Waals surface area contributed by atoms with Gasteiger partial charge in [0.2, 0.25) is 5.91 Å². The number of carbonyl (C=O) groups excluding carboxylic acids is 2. The molecule has 0 fully saturated rings. The normalized spacial score (nSPS) is 9.89. The van der Waals surface area contributed by atoms with Crippen LogP contribution in [0.3, 0.4) is 0 Å². The second-order valence-corrected chi connectivity index (χ2v) is 6.48. The molecule has 0 radical (unpaired) electrons. The van der Waals surface area contributed by atoms with Crippen LogP contribution >= 0.6 is 0 Å². The molecule has 2 aromatic rings. The molecular weight excluding hydrogens is 356 g/mol. The Labute approximate surface area is 167 Å². The van der Waals surface area contributed by atoms with Gasteiger partial charge in [0.15, 0.2) is 0 Å². The van der Waals surface area contributed by atoms with Gasteiger partial charge >= 0.3 is 6.09 Å². The monoisotopic (exact) mass is 388 g/mol. The average Bonchev–Trinajstić information content (AvgIpc) is 3.15. The molecule has 0 aliphatic carbocycles. The molecule has 0 atom stereocenters. The molecule has 1 aromatic carbocycles. The lowest BCUT2D eigenvalue weighted by Gasteiger charge is -2.21. The smallest absolute Gasteiger partial charge is 0.407 e. The Kier molecular flexibility index (Phi) is 10.4. The second-order valence-electron chi connectivity index (χ2n) is 6.48. The standard InChI is InChI=1S/C18H24N4O3.C3H8/c1-4-9-22(17(23)11-20-18(24)25-3)12-16-19-10-15(21-16)14-7-5-13(2)6-8-14;1-3-2/h5-8,10H,4,9,11-12H2,1-3H3,(H,19,21)(H,20,24);3H2,1-2H3. The average molecular weight is 389 g/mol. The molecule has 2 rings (SSSR count). The number of ether oxygens (including phenoxy) is 1. The number of aromatic amines is 1. The summed E-state index contributed by atoms with van der Waals surface area (Å²) in [5.74, 6) is 0.524. The number of hydrogen-bond acceptors (Lipinski definition) is 4. The molecule has 2 N–H and O–H groups in total. The predicted molar refractivity (Wildman–Crippen MR) is 111 cm³/mol. The Morgan fingerprint density at radius 3 is 2.39 bits per heavy atom. The highest BCUT2D eigenvalue weighted by Gasteiger charge is 2.16. The summed E-state index contributed by atoms with van der Waals surface area (Å²) < 4.78 is 4.48. The third-order valence-electron chi connectivity index (χ3n) is 3.75. The van der Waals surface area contributed by atoms with Crippen LogP contribution in [0.2, 0.25) is 0 Å². The molecule has 0 aliphatic heterocycles. The molecule has 154 valence electrons. The van der Waals surface area contributed by atoms with Crippen molar-refractivity contribution >= 4 is 12.0 Å². The minimum Gasteiger partial charge on any atom is -0.453 e. The van der Waals surface area contributed by atoms with Crippen LogP contribution in [0.4, 0.5) is 4.79 Å². The molecule has 28 heavy (non-hydrogen) atoms. The largest absolute Gasteiger partial charge is 0.453 e. The molecule has 2 amide bonds. The number of amides is 2. The van der Waals surface area contributed by atoms with Gasteiger partial charge in [-0.05, 0) is 18.9 Å². The Morgan fingerprint density at radius 1 is 1.18 bits per heavy atom. The predicted octanol–water partition coefficient (Wildman–Crippen LogP) is 3.90. The van der Waals surface area contributed by atoms with Gasteiger partial charge < -0.3 is 19.9 Å². The van der Waals surface area contributed by atoms with E-state index in [0.29, 0.717) is 18.9 Å². The summed E-state index contributed by atoms with van der Waals surface area (Å²) in [6, 6.07) is 8.15. The first-order chi connectivity index (χ1) is 13.4. The number of rotatable bonds is 7. The van der Waals surface area contributed by atoms with E-state index in [0.717, 1.165) is 17.7 Å². The second kappa shape index (κ2) is 12.5. The van der Waals surface area contributed by atoms with Gasteiger partial charge in [0, 0.05) is 6.54 Å². The summed E-state index contributed by atoms with van der Waals surface area (Å²) in [5.41, 5.74) is 3.15. The van der Waals surface area contributed by atoms with E-state index in [1.165, 1.54) is 19.1 Å². The fraction of sp³-hybridized carbons (Fsp3) is 0.476. The zero-order valence-electron chi connectivity index (χ0n) is 17.5. The molecule has 0 aliphatic rings.